The number of aryl methyl sites for hydroxylation is 1. The van der Waals surface area contributed by atoms with Crippen molar-refractivity contribution in [3.8, 4) is 5.75 Å². The fraction of sp³-hybridized carbons (Fsp3) is 0.464. The number of hydrogen-bond donors (Lipinski definition) is 1. The van der Waals surface area contributed by atoms with Gasteiger partial charge in [0.15, 0.2) is 0 Å². The molecular formula is C28H35N3O5. The second-order valence-corrected chi connectivity index (χ2v) is 9.27. The van der Waals surface area contributed by atoms with Crippen LogP contribution < -0.4 is 4.74 Å². The van der Waals surface area contributed by atoms with E-state index in [9.17, 15) is 14.7 Å². The lowest BCUT2D eigenvalue weighted by Gasteiger charge is -2.29. The first-order valence-corrected chi connectivity index (χ1v) is 12.7. The van der Waals surface area contributed by atoms with Gasteiger partial charge in [-0.3, -0.25) is 19.5 Å². The van der Waals surface area contributed by atoms with Gasteiger partial charge in [-0.25, -0.2) is 0 Å². The first-order valence-electron chi connectivity index (χ1n) is 12.7. The molecule has 2 aromatic rings. The maximum atomic E-state index is 13.2. The summed E-state index contributed by atoms with van der Waals surface area (Å²) in [7, 11) is 0. The zero-order chi connectivity index (χ0) is 25.5. The van der Waals surface area contributed by atoms with E-state index in [-0.39, 0.29) is 11.3 Å². The van der Waals surface area contributed by atoms with Crippen LogP contribution in [-0.4, -0.2) is 77.6 Å². The molecule has 2 saturated heterocycles. The van der Waals surface area contributed by atoms with Crippen molar-refractivity contribution in [1.29, 1.82) is 0 Å². The number of ether oxygens (including phenoxy) is 2. The van der Waals surface area contributed by atoms with Gasteiger partial charge in [-0.2, -0.15) is 0 Å². The third-order valence-corrected chi connectivity index (χ3v) is 6.72. The molecule has 2 fully saturated rings. The number of ketones is 1. The Labute approximate surface area is 212 Å². The Hall–Kier alpha value is -3.23. The lowest BCUT2D eigenvalue weighted by molar-refractivity contribution is -0.140. The molecule has 36 heavy (non-hydrogen) atoms. The monoisotopic (exact) mass is 493 g/mol. The molecule has 1 N–H and O–H groups in total. The van der Waals surface area contributed by atoms with Crippen LogP contribution in [0.5, 0.6) is 5.75 Å². The summed E-state index contributed by atoms with van der Waals surface area (Å²) in [5, 5.41) is 11.3. The smallest absolute Gasteiger partial charge is 0.295 e. The Morgan fingerprint density at radius 2 is 1.97 bits per heavy atom. The fourth-order valence-corrected chi connectivity index (χ4v) is 4.72. The highest BCUT2D eigenvalue weighted by atomic mass is 16.5. The second-order valence-electron chi connectivity index (χ2n) is 9.27. The van der Waals surface area contributed by atoms with Gasteiger partial charge >= 0.3 is 0 Å². The molecule has 192 valence electrons. The highest BCUT2D eigenvalue weighted by Crippen LogP contribution is 2.39. The van der Waals surface area contributed by atoms with Crippen molar-refractivity contribution in [2.45, 2.75) is 39.2 Å². The molecule has 2 aliphatic heterocycles. The summed E-state index contributed by atoms with van der Waals surface area (Å²) in [4.78, 5) is 34.4. The molecule has 0 saturated carbocycles. The van der Waals surface area contributed by atoms with Gasteiger partial charge in [0, 0.05) is 44.1 Å². The van der Waals surface area contributed by atoms with Gasteiger partial charge in [-0.1, -0.05) is 19.4 Å². The maximum absolute atomic E-state index is 13.2. The molecule has 8 nitrogen and oxygen atoms in total. The predicted octanol–water partition coefficient (Wildman–Crippen LogP) is 3.71. The van der Waals surface area contributed by atoms with Crippen LogP contribution in [0.4, 0.5) is 0 Å². The van der Waals surface area contributed by atoms with Crippen LogP contribution in [0.3, 0.4) is 0 Å². The number of carbonyl (C=O) groups is 2. The first-order chi connectivity index (χ1) is 17.5. The minimum Gasteiger partial charge on any atom is -0.507 e. The van der Waals surface area contributed by atoms with Crippen molar-refractivity contribution < 1.29 is 24.2 Å². The SMILES string of the molecule is CCCCOc1ccc(/C(O)=C2\C(=O)C(=O)N(CCCN3CCOCC3)[C@H]2c2cccnc2)cc1C. The normalized spacial score (nSPS) is 20.2. The van der Waals surface area contributed by atoms with Gasteiger partial charge in [0.2, 0.25) is 0 Å². The highest BCUT2D eigenvalue weighted by Gasteiger charge is 2.46. The van der Waals surface area contributed by atoms with E-state index in [4.69, 9.17) is 9.47 Å². The predicted molar refractivity (Wildman–Crippen MR) is 137 cm³/mol. The number of Topliss-reactive ketones (excluding diaryl/α,β-unsaturated/α-hetero) is 1. The van der Waals surface area contributed by atoms with Crippen molar-refractivity contribution in [3.63, 3.8) is 0 Å². The molecule has 0 radical (unpaired) electrons. The minimum absolute atomic E-state index is 0.0958. The second kappa shape index (κ2) is 12.1. The van der Waals surface area contributed by atoms with Crippen molar-refractivity contribution in [1.82, 2.24) is 14.8 Å². The number of morpholine rings is 1. The van der Waals surface area contributed by atoms with E-state index in [0.717, 1.165) is 43.8 Å². The van der Waals surface area contributed by atoms with E-state index in [0.29, 0.717) is 43.9 Å². The Balaban J connectivity index is 1.62. The minimum atomic E-state index is -0.691. The zero-order valence-electron chi connectivity index (χ0n) is 21.1. The summed E-state index contributed by atoms with van der Waals surface area (Å²) in [6, 6.07) is 8.25. The summed E-state index contributed by atoms with van der Waals surface area (Å²) in [5.74, 6) is -0.703. The molecule has 1 amide bonds. The third kappa shape index (κ3) is 5.77. The van der Waals surface area contributed by atoms with Crippen LogP contribution in [0.25, 0.3) is 5.76 Å². The largest absolute Gasteiger partial charge is 0.507 e. The van der Waals surface area contributed by atoms with Crippen molar-refractivity contribution >= 4 is 17.4 Å². The lowest BCUT2D eigenvalue weighted by Crippen LogP contribution is -2.39. The lowest BCUT2D eigenvalue weighted by atomic mass is 9.95. The van der Waals surface area contributed by atoms with Crippen LogP contribution in [0.1, 0.15) is 48.9 Å². The molecule has 8 heteroatoms. The van der Waals surface area contributed by atoms with Gasteiger partial charge < -0.3 is 19.5 Å². The Morgan fingerprint density at radius 3 is 2.67 bits per heavy atom. The molecular weight excluding hydrogens is 458 g/mol. The molecule has 2 aliphatic rings. The van der Waals surface area contributed by atoms with Crippen molar-refractivity contribution in [3.05, 3.63) is 65.0 Å². The van der Waals surface area contributed by atoms with Crippen LogP contribution >= 0.6 is 0 Å². The van der Waals surface area contributed by atoms with E-state index in [1.54, 1.807) is 41.6 Å². The number of likely N-dealkylation sites (tertiary alicyclic amines) is 1. The molecule has 0 unspecified atom stereocenters. The number of aliphatic hydroxyl groups is 1. The number of aliphatic hydroxyl groups excluding tert-OH is 1. The van der Waals surface area contributed by atoms with Gasteiger partial charge in [0.05, 0.1) is 31.4 Å². The third-order valence-electron chi connectivity index (χ3n) is 6.72. The van der Waals surface area contributed by atoms with Gasteiger partial charge in [-0.15, -0.1) is 0 Å². The van der Waals surface area contributed by atoms with Gasteiger partial charge in [0.25, 0.3) is 11.7 Å². The number of nitrogens with zero attached hydrogens (tertiary/aromatic N) is 3. The molecule has 0 bridgehead atoms. The molecule has 0 aliphatic carbocycles. The van der Waals surface area contributed by atoms with Crippen LogP contribution in [0, 0.1) is 6.92 Å². The number of pyridine rings is 1. The van der Waals surface area contributed by atoms with Crippen LogP contribution in [0.15, 0.2) is 48.3 Å². The Kier molecular flexibility index (Phi) is 8.72. The average Bonchev–Trinajstić information content (AvgIpc) is 3.15. The summed E-state index contributed by atoms with van der Waals surface area (Å²) in [6.07, 6.45) is 6.01. The number of benzene rings is 1. The Bertz CT molecular complexity index is 1100. The van der Waals surface area contributed by atoms with E-state index < -0.39 is 17.7 Å². The molecule has 4 rings (SSSR count). The van der Waals surface area contributed by atoms with E-state index in [1.165, 1.54) is 0 Å². The number of aromatic nitrogens is 1. The molecule has 1 atom stereocenters. The van der Waals surface area contributed by atoms with E-state index >= 15 is 0 Å². The fourth-order valence-electron chi connectivity index (χ4n) is 4.72. The maximum Gasteiger partial charge on any atom is 0.295 e. The van der Waals surface area contributed by atoms with Gasteiger partial charge in [-0.05, 0) is 55.2 Å². The topological polar surface area (TPSA) is 92.2 Å². The molecule has 1 aromatic carbocycles. The van der Waals surface area contributed by atoms with Crippen LogP contribution in [-0.2, 0) is 14.3 Å². The van der Waals surface area contributed by atoms with Gasteiger partial charge in [0.1, 0.15) is 11.5 Å². The number of rotatable bonds is 10. The first kappa shape index (κ1) is 25.9. The zero-order valence-corrected chi connectivity index (χ0v) is 21.1. The summed E-state index contributed by atoms with van der Waals surface area (Å²) < 4.78 is 11.2. The molecule has 3 heterocycles. The van der Waals surface area contributed by atoms with Crippen molar-refractivity contribution in [2.75, 3.05) is 46.0 Å². The molecule has 0 spiro atoms. The summed E-state index contributed by atoms with van der Waals surface area (Å²) in [5.41, 5.74) is 2.13. The highest BCUT2D eigenvalue weighted by molar-refractivity contribution is 6.46. The van der Waals surface area contributed by atoms with E-state index in [1.807, 2.05) is 13.0 Å². The molecule has 1 aromatic heterocycles. The average molecular weight is 494 g/mol. The number of amides is 1. The summed E-state index contributed by atoms with van der Waals surface area (Å²) >= 11 is 0. The number of hydrogen-bond acceptors (Lipinski definition) is 7. The Morgan fingerprint density at radius 1 is 1.17 bits per heavy atom. The summed E-state index contributed by atoms with van der Waals surface area (Å²) in [6.45, 7) is 9.00. The van der Waals surface area contributed by atoms with E-state index in [2.05, 4.69) is 16.8 Å². The number of carbonyl (C=O) groups excluding carboxylic acids is 2. The number of unbranched alkanes of at least 4 members (excludes halogenated alkanes) is 1. The quantitative estimate of drug-likeness (QED) is 0.233. The van der Waals surface area contributed by atoms with Crippen molar-refractivity contribution in [2.24, 2.45) is 0 Å². The van der Waals surface area contributed by atoms with Crippen LogP contribution in [0.2, 0.25) is 0 Å². The standard InChI is InChI=1S/C28H35N3O5/c1-3-4-15-36-23-9-8-21(18-20(23)2)26(32)24-25(22-7-5-10-29-19-22)31(28(34)27(24)33)12-6-11-30-13-16-35-17-14-30/h5,7-10,18-19,25,32H,3-4,6,11-17H2,1-2H3/b26-24+/t25-/m0/s1.